The van der Waals surface area contributed by atoms with Crippen LogP contribution < -0.4 is 10.6 Å². The lowest BCUT2D eigenvalue weighted by Crippen LogP contribution is -2.42. The minimum Gasteiger partial charge on any atom is -0.354 e. The molecule has 1 aromatic rings. The van der Waals surface area contributed by atoms with Gasteiger partial charge in [0.1, 0.15) is 11.6 Å². The summed E-state index contributed by atoms with van der Waals surface area (Å²) < 4.78 is 0. The average molecular weight is 290 g/mol. The summed E-state index contributed by atoms with van der Waals surface area (Å²) in [5, 5.41) is 0. The van der Waals surface area contributed by atoms with Gasteiger partial charge in [0, 0.05) is 36.3 Å². The van der Waals surface area contributed by atoms with Crippen molar-refractivity contribution in [3.05, 3.63) is 17.6 Å². The van der Waals surface area contributed by atoms with E-state index in [4.69, 9.17) is 10.7 Å². The van der Waals surface area contributed by atoms with Gasteiger partial charge in [0.25, 0.3) is 0 Å². The molecule has 118 valence electrons. The minimum atomic E-state index is 0.368. The molecule has 21 heavy (non-hydrogen) atoms. The highest BCUT2D eigenvalue weighted by atomic mass is 15.2. The van der Waals surface area contributed by atoms with E-state index in [-0.39, 0.29) is 0 Å². The molecule has 0 radical (unpaired) electrons. The van der Waals surface area contributed by atoms with Gasteiger partial charge in [0.2, 0.25) is 0 Å². The van der Waals surface area contributed by atoms with Crippen LogP contribution in [0.5, 0.6) is 0 Å². The summed E-state index contributed by atoms with van der Waals surface area (Å²) in [6.07, 6.45) is 5.77. The van der Waals surface area contributed by atoms with Gasteiger partial charge in [-0.25, -0.2) is 9.97 Å². The first-order valence-corrected chi connectivity index (χ1v) is 8.39. The van der Waals surface area contributed by atoms with Gasteiger partial charge < -0.3 is 10.6 Å². The summed E-state index contributed by atoms with van der Waals surface area (Å²) in [7, 11) is 0. The van der Waals surface area contributed by atoms with E-state index in [1.54, 1.807) is 0 Å². The van der Waals surface area contributed by atoms with Gasteiger partial charge in [-0.2, -0.15) is 0 Å². The molecule has 1 fully saturated rings. The summed E-state index contributed by atoms with van der Waals surface area (Å²) >= 11 is 0. The van der Waals surface area contributed by atoms with Gasteiger partial charge in [-0.05, 0) is 39.0 Å². The highest BCUT2D eigenvalue weighted by Gasteiger charge is 2.25. The minimum absolute atomic E-state index is 0.368. The molecule has 1 aliphatic rings. The van der Waals surface area contributed by atoms with Gasteiger partial charge in [-0.1, -0.05) is 20.8 Å². The summed E-state index contributed by atoms with van der Waals surface area (Å²) in [5.74, 6) is 2.43. The molecule has 1 aromatic heterocycles. The molecule has 0 aliphatic heterocycles. The Kier molecular flexibility index (Phi) is 5.57. The van der Waals surface area contributed by atoms with Crippen LogP contribution in [0.4, 0.5) is 5.82 Å². The monoisotopic (exact) mass is 290 g/mol. The van der Waals surface area contributed by atoms with Crippen molar-refractivity contribution in [2.45, 2.75) is 77.8 Å². The van der Waals surface area contributed by atoms with E-state index in [9.17, 15) is 0 Å². The number of hydrogen-bond donors (Lipinski definition) is 1. The second kappa shape index (κ2) is 7.21. The molecule has 0 atom stereocenters. The lowest BCUT2D eigenvalue weighted by Gasteiger charge is -2.37. The molecule has 2 rings (SSSR count). The normalized spacial score (nSPS) is 22.6. The molecule has 0 amide bonds. The lowest BCUT2D eigenvalue weighted by atomic mass is 9.90. The molecule has 4 heteroatoms. The zero-order valence-corrected chi connectivity index (χ0v) is 14.0. The first-order valence-electron chi connectivity index (χ1n) is 8.39. The Morgan fingerprint density at radius 1 is 1.24 bits per heavy atom. The molecule has 1 saturated carbocycles. The Balaban J connectivity index is 2.25. The molecule has 1 heterocycles. The average Bonchev–Trinajstić information content (AvgIpc) is 2.45. The van der Waals surface area contributed by atoms with E-state index < -0.39 is 0 Å². The van der Waals surface area contributed by atoms with Crippen molar-refractivity contribution in [2.75, 3.05) is 11.4 Å². The molecule has 2 N–H and O–H groups in total. The van der Waals surface area contributed by atoms with E-state index in [2.05, 4.69) is 43.6 Å². The third-order valence-electron chi connectivity index (χ3n) is 4.32. The second-order valence-corrected chi connectivity index (χ2v) is 6.64. The summed E-state index contributed by atoms with van der Waals surface area (Å²) in [5.41, 5.74) is 7.12. The maximum Gasteiger partial charge on any atom is 0.133 e. The number of aryl methyl sites for hydroxylation is 1. The van der Waals surface area contributed by atoms with E-state index >= 15 is 0 Å². The third-order valence-corrected chi connectivity index (χ3v) is 4.32. The molecule has 0 bridgehead atoms. The molecule has 4 nitrogen and oxygen atoms in total. The van der Waals surface area contributed by atoms with Crippen molar-refractivity contribution in [3.63, 3.8) is 0 Å². The molecule has 0 saturated heterocycles. The Hall–Kier alpha value is -1.16. The fourth-order valence-electron chi connectivity index (χ4n) is 3.12. The SMILES string of the molecule is CCCN(c1cc(C)nc(C(C)C)n1)C1CCC(N)CC1. The highest BCUT2D eigenvalue weighted by Crippen LogP contribution is 2.27. The van der Waals surface area contributed by atoms with Crippen molar-refractivity contribution in [3.8, 4) is 0 Å². The predicted molar refractivity (Wildman–Crippen MR) is 88.7 cm³/mol. The molecular weight excluding hydrogens is 260 g/mol. The first kappa shape index (κ1) is 16.2. The second-order valence-electron chi connectivity index (χ2n) is 6.64. The largest absolute Gasteiger partial charge is 0.354 e. The van der Waals surface area contributed by atoms with Crippen molar-refractivity contribution in [1.82, 2.24) is 9.97 Å². The van der Waals surface area contributed by atoms with E-state index in [0.29, 0.717) is 18.0 Å². The molecule has 0 unspecified atom stereocenters. The van der Waals surface area contributed by atoms with Crippen molar-refractivity contribution >= 4 is 5.82 Å². The molecule has 0 spiro atoms. The number of aromatic nitrogens is 2. The van der Waals surface area contributed by atoms with Crippen LogP contribution >= 0.6 is 0 Å². The standard InChI is InChI=1S/C17H30N4/c1-5-10-21(15-8-6-14(18)7-9-15)16-11-13(4)19-17(20-16)12(2)3/h11-12,14-15H,5-10,18H2,1-4H3. The zero-order valence-electron chi connectivity index (χ0n) is 14.0. The van der Waals surface area contributed by atoms with Gasteiger partial charge in [-0.3, -0.25) is 0 Å². The van der Waals surface area contributed by atoms with Crippen molar-refractivity contribution in [2.24, 2.45) is 5.73 Å². The summed E-state index contributed by atoms with van der Waals surface area (Å²) in [6, 6.07) is 3.11. The van der Waals surface area contributed by atoms with Crippen LogP contribution in [0.15, 0.2) is 6.07 Å². The Bertz CT molecular complexity index is 450. The van der Waals surface area contributed by atoms with E-state index in [0.717, 1.165) is 43.1 Å². The van der Waals surface area contributed by atoms with Crippen molar-refractivity contribution in [1.29, 1.82) is 0 Å². The van der Waals surface area contributed by atoms with Crippen LogP contribution in [0, 0.1) is 6.92 Å². The molecule has 0 aromatic carbocycles. The van der Waals surface area contributed by atoms with Crippen LogP contribution in [0.25, 0.3) is 0 Å². The Morgan fingerprint density at radius 2 is 1.90 bits per heavy atom. The van der Waals surface area contributed by atoms with Crippen LogP contribution in [-0.2, 0) is 0 Å². The predicted octanol–water partition coefficient (Wildman–Crippen LogP) is 3.39. The van der Waals surface area contributed by atoms with Gasteiger partial charge in [-0.15, -0.1) is 0 Å². The smallest absolute Gasteiger partial charge is 0.133 e. The highest BCUT2D eigenvalue weighted by molar-refractivity contribution is 5.41. The first-order chi connectivity index (χ1) is 10.0. The third kappa shape index (κ3) is 4.16. The van der Waals surface area contributed by atoms with Gasteiger partial charge >= 0.3 is 0 Å². The fraction of sp³-hybridized carbons (Fsp3) is 0.765. The zero-order chi connectivity index (χ0) is 15.4. The summed E-state index contributed by atoms with van der Waals surface area (Å²) in [4.78, 5) is 11.9. The Labute approximate surface area is 129 Å². The topological polar surface area (TPSA) is 55.0 Å². The number of nitrogens with two attached hydrogens (primary N) is 1. The fourth-order valence-corrected chi connectivity index (χ4v) is 3.12. The number of rotatable bonds is 5. The number of hydrogen-bond acceptors (Lipinski definition) is 4. The van der Waals surface area contributed by atoms with Crippen LogP contribution in [0.2, 0.25) is 0 Å². The van der Waals surface area contributed by atoms with Crippen LogP contribution in [0.3, 0.4) is 0 Å². The van der Waals surface area contributed by atoms with E-state index in [1.165, 1.54) is 12.8 Å². The maximum atomic E-state index is 6.05. The Morgan fingerprint density at radius 3 is 2.48 bits per heavy atom. The van der Waals surface area contributed by atoms with E-state index in [1.807, 2.05) is 0 Å². The van der Waals surface area contributed by atoms with Gasteiger partial charge in [0.05, 0.1) is 0 Å². The quantitative estimate of drug-likeness (QED) is 0.903. The lowest BCUT2D eigenvalue weighted by molar-refractivity contribution is 0.373. The van der Waals surface area contributed by atoms with Crippen LogP contribution in [0.1, 0.15) is 70.3 Å². The maximum absolute atomic E-state index is 6.05. The summed E-state index contributed by atoms with van der Waals surface area (Å²) in [6.45, 7) is 9.68. The van der Waals surface area contributed by atoms with Crippen molar-refractivity contribution < 1.29 is 0 Å². The molecular formula is C17H30N4. The van der Waals surface area contributed by atoms with Gasteiger partial charge in [0.15, 0.2) is 0 Å². The number of nitrogens with zero attached hydrogens (tertiary/aromatic N) is 3. The number of anilines is 1. The van der Waals surface area contributed by atoms with Crippen LogP contribution in [-0.4, -0.2) is 28.6 Å². The molecule has 1 aliphatic carbocycles.